The number of hydrogen-bond donors (Lipinski definition) is 1. The molecule has 0 aromatic rings. The molecule has 104 valence electrons. The fourth-order valence-corrected chi connectivity index (χ4v) is 2.01. The van der Waals surface area contributed by atoms with Gasteiger partial charge in [-0.2, -0.15) is 0 Å². The summed E-state index contributed by atoms with van der Waals surface area (Å²) in [6, 6.07) is -0.424. The average molecular weight is 256 g/mol. The number of carbonyl (C=O) groups excluding carboxylic acids is 2. The summed E-state index contributed by atoms with van der Waals surface area (Å²) in [5.74, 6) is -0.192. The molecule has 0 aromatic carbocycles. The Morgan fingerprint density at radius 2 is 2.11 bits per heavy atom. The Balaban J connectivity index is 2.24. The summed E-state index contributed by atoms with van der Waals surface area (Å²) in [6.07, 6.45) is 2.44. The summed E-state index contributed by atoms with van der Waals surface area (Å²) in [6.45, 7) is 7.77. The lowest BCUT2D eigenvalue weighted by Crippen LogP contribution is -2.42. The first-order valence-electron chi connectivity index (χ1n) is 6.75. The van der Waals surface area contributed by atoms with Gasteiger partial charge < -0.3 is 10.1 Å². The van der Waals surface area contributed by atoms with Crippen LogP contribution in [0.3, 0.4) is 0 Å². The number of likely N-dealkylation sites (tertiary alicyclic amines) is 1. The van der Waals surface area contributed by atoms with Crippen molar-refractivity contribution < 1.29 is 14.3 Å². The zero-order valence-electron chi connectivity index (χ0n) is 11.6. The summed E-state index contributed by atoms with van der Waals surface area (Å²) in [5, 5.41) is 3.09. The van der Waals surface area contributed by atoms with E-state index in [1.54, 1.807) is 0 Å². The molecule has 5 heteroatoms. The molecule has 0 spiro atoms. The fourth-order valence-electron chi connectivity index (χ4n) is 2.01. The smallest absolute Gasteiger partial charge is 0.247 e. The standard InChI is InChI=1S/C13H24N2O3/c1-4-5-7-18-8-6-14-11-9-12(16)15(10(2)3)13(11)17/h10-11,14H,4-9H2,1-3H3. The van der Waals surface area contributed by atoms with Crippen molar-refractivity contribution in [3.05, 3.63) is 0 Å². The molecule has 0 aromatic heterocycles. The van der Waals surface area contributed by atoms with Gasteiger partial charge in [0.15, 0.2) is 0 Å². The number of nitrogens with zero attached hydrogens (tertiary/aromatic N) is 1. The van der Waals surface area contributed by atoms with Crippen LogP contribution in [0.5, 0.6) is 0 Å². The Morgan fingerprint density at radius 1 is 1.39 bits per heavy atom. The first kappa shape index (κ1) is 15.1. The molecular formula is C13H24N2O3. The van der Waals surface area contributed by atoms with Gasteiger partial charge in [0.05, 0.1) is 19.1 Å². The predicted molar refractivity (Wildman–Crippen MR) is 69.1 cm³/mol. The number of nitrogens with one attached hydrogen (secondary N) is 1. The third-order valence-corrected chi connectivity index (χ3v) is 2.98. The van der Waals surface area contributed by atoms with Crippen molar-refractivity contribution in [3.8, 4) is 0 Å². The molecule has 0 saturated carbocycles. The molecule has 1 aliphatic rings. The molecule has 5 nitrogen and oxygen atoms in total. The van der Waals surface area contributed by atoms with Crippen LogP contribution >= 0.6 is 0 Å². The van der Waals surface area contributed by atoms with Gasteiger partial charge in [0.25, 0.3) is 0 Å². The van der Waals surface area contributed by atoms with E-state index in [0.717, 1.165) is 19.4 Å². The second-order valence-corrected chi connectivity index (χ2v) is 4.87. The number of amides is 2. The third-order valence-electron chi connectivity index (χ3n) is 2.98. The normalized spacial score (nSPS) is 20.2. The van der Waals surface area contributed by atoms with Crippen LogP contribution in [0.4, 0.5) is 0 Å². The Bertz CT molecular complexity index is 292. The van der Waals surface area contributed by atoms with Gasteiger partial charge in [0.2, 0.25) is 11.8 Å². The van der Waals surface area contributed by atoms with Crippen molar-refractivity contribution in [3.63, 3.8) is 0 Å². The first-order valence-corrected chi connectivity index (χ1v) is 6.75. The van der Waals surface area contributed by atoms with E-state index in [0.29, 0.717) is 13.2 Å². The molecular weight excluding hydrogens is 232 g/mol. The van der Waals surface area contributed by atoms with E-state index in [9.17, 15) is 9.59 Å². The lowest BCUT2D eigenvalue weighted by Gasteiger charge is -2.19. The van der Waals surface area contributed by atoms with Gasteiger partial charge in [-0.1, -0.05) is 13.3 Å². The van der Waals surface area contributed by atoms with E-state index < -0.39 is 0 Å². The van der Waals surface area contributed by atoms with E-state index >= 15 is 0 Å². The highest BCUT2D eigenvalue weighted by Gasteiger charge is 2.39. The number of rotatable bonds is 8. The Kier molecular flexibility index (Phi) is 6.29. The second-order valence-electron chi connectivity index (χ2n) is 4.87. The van der Waals surface area contributed by atoms with Crippen LogP contribution < -0.4 is 5.32 Å². The maximum absolute atomic E-state index is 11.9. The number of ether oxygens (including phenoxy) is 1. The van der Waals surface area contributed by atoms with Gasteiger partial charge in [-0.3, -0.25) is 14.5 Å². The molecule has 1 rings (SSSR count). The fraction of sp³-hybridized carbons (Fsp3) is 0.846. The third kappa shape index (κ3) is 4.07. The Labute approximate surface area is 109 Å². The molecule has 0 radical (unpaired) electrons. The maximum atomic E-state index is 11.9. The molecule has 1 saturated heterocycles. The van der Waals surface area contributed by atoms with Crippen molar-refractivity contribution >= 4 is 11.8 Å². The van der Waals surface area contributed by atoms with Crippen molar-refractivity contribution in [2.45, 2.75) is 52.1 Å². The minimum Gasteiger partial charge on any atom is -0.380 e. The van der Waals surface area contributed by atoms with E-state index in [1.807, 2.05) is 13.8 Å². The van der Waals surface area contributed by atoms with Gasteiger partial charge >= 0.3 is 0 Å². The molecule has 1 heterocycles. The number of unbranched alkanes of at least 4 members (excludes halogenated alkanes) is 1. The zero-order valence-corrected chi connectivity index (χ0v) is 11.6. The van der Waals surface area contributed by atoms with Crippen LogP contribution in [0.2, 0.25) is 0 Å². The van der Waals surface area contributed by atoms with Crippen LogP contribution in [0.1, 0.15) is 40.0 Å². The second kappa shape index (κ2) is 7.48. The van der Waals surface area contributed by atoms with E-state index in [4.69, 9.17) is 4.74 Å². The minimum absolute atomic E-state index is 0.0578. The molecule has 1 atom stereocenters. The van der Waals surface area contributed by atoms with Gasteiger partial charge in [0.1, 0.15) is 0 Å². The van der Waals surface area contributed by atoms with Gasteiger partial charge in [-0.05, 0) is 20.3 Å². The Morgan fingerprint density at radius 3 is 2.67 bits per heavy atom. The SMILES string of the molecule is CCCCOCCNC1CC(=O)N(C(C)C)C1=O. The van der Waals surface area contributed by atoms with Gasteiger partial charge in [-0.25, -0.2) is 0 Å². The molecule has 1 unspecified atom stereocenters. The topological polar surface area (TPSA) is 58.6 Å². The quantitative estimate of drug-likeness (QED) is 0.518. The summed E-state index contributed by atoms with van der Waals surface area (Å²) in [7, 11) is 0. The summed E-state index contributed by atoms with van der Waals surface area (Å²) < 4.78 is 5.40. The Hall–Kier alpha value is -0.940. The molecule has 1 fully saturated rings. The van der Waals surface area contributed by atoms with E-state index in [-0.39, 0.29) is 30.3 Å². The molecule has 1 N–H and O–H groups in total. The van der Waals surface area contributed by atoms with Gasteiger partial charge in [0, 0.05) is 19.2 Å². The summed E-state index contributed by atoms with van der Waals surface area (Å²) >= 11 is 0. The van der Waals surface area contributed by atoms with Crippen LogP contribution in [0.25, 0.3) is 0 Å². The summed E-state index contributed by atoms with van der Waals surface area (Å²) in [5.41, 5.74) is 0. The molecule has 1 aliphatic heterocycles. The summed E-state index contributed by atoms with van der Waals surface area (Å²) in [4.78, 5) is 24.9. The van der Waals surface area contributed by atoms with Crippen LogP contribution in [0.15, 0.2) is 0 Å². The molecule has 18 heavy (non-hydrogen) atoms. The highest BCUT2D eigenvalue weighted by Crippen LogP contribution is 2.15. The molecule has 0 bridgehead atoms. The first-order chi connectivity index (χ1) is 8.57. The number of imide groups is 1. The highest BCUT2D eigenvalue weighted by atomic mass is 16.5. The number of carbonyl (C=O) groups is 2. The molecule has 2 amide bonds. The monoisotopic (exact) mass is 256 g/mol. The van der Waals surface area contributed by atoms with Crippen LogP contribution in [-0.4, -0.2) is 48.6 Å². The van der Waals surface area contributed by atoms with Crippen molar-refractivity contribution in [1.29, 1.82) is 0 Å². The number of hydrogen-bond acceptors (Lipinski definition) is 4. The average Bonchev–Trinajstić information content (AvgIpc) is 2.59. The van der Waals surface area contributed by atoms with E-state index in [2.05, 4.69) is 12.2 Å². The molecule has 0 aliphatic carbocycles. The van der Waals surface area contributed by atoms with Gasteiger partial charge in [-0.15, -0.1) is 0 Å². The zero-order chi connectivity index (χ0) is 13.5. The van der Waals surface area contributed by atoms with Crippen LogP contribution in [0, 0.1) is 0 Å². The minimum atomic E-state index is -0.366. The van der Waals surface area contributed by atoms with Crippen molar-refractivity contribution in [2.24, 2.45) is 0 Å². The van der Waals surface area contributed by atoms with Crippen molar-refractivity contribution in [2.75, 3.05) is 19.8 Å². The lowest BCUT2D eigenvalue weighted by atomic mass is 10.2. The van der Waals surface area contributed by atoms with Crippen LogP contribution in [-0.2, 0) is 14.3 Å². The van der Waals surface area contributed by atoms with Crippen molar-refractivity contribution in [1.82, 2.24) is 10.2 Å². The highest BCUT2D eigenvalue weighted by molar-refractivity contribution is 6.05. The lowest BCUT2D eigenvalue weighted by molar-refractivity contribution is -0.140. The van der Waals surface area contributed by atoms with E-state index in [1.165, 1.54) is 4.90 Å². The maximum Gasteiger partial charge on any atom is 0.247 e. The predicted octanol–water partition coefficient (Wildman–Crippen LogP) is 0.929. The largest absolute Gasteiger partial charge is 0.380 e.